The van der Waals surface area contributed by atoms with Gasteiger partial charge >= 0.3 is 6.03 Å². The minimum Gasteiger partial charge on any atom is -0.484 e. The molecule has 1 aliphatic rings. The lowest BCUT2D eigenvalue weighted by atomic mass is 10.3. The van der Waals surface area contributed by atoms with E-state index in [1.807, 2.05) is 13.8 Å². The summed E-state index contributed by atoms with van der Waals surface area (Å²) in [5, 5.41) is 4.77. The molecule has 0 bridgehead atoms. The van der Waals surface area contributed by atoms with Crippen molar-refractivity contribution in [3.05, 3.63) is 24.3 Å². The number of nitrogens with zero attached hydrogens (tertiary/aromatic N) is 1. The van der Waals surface area contributed by atoms with Gasteiger partial charge < -0.3 is 14.8 Å². The number of ether oxygens (including phenoxy) is 2. The Morgan fingerprint density at radius 2 is 1.85 bits per heavy atom. The number of nitrogens with one attached hydrogen (secondary N) is 2. The van der Waals surface area contributed by atoms with Gasteiger partial charge in [-0.15, -0.1) is 0 Å². The van der Waals surface area contributed by atoms with Gasteiger partial charge in [0.2, 0.25) is 10.0 Å². The van der Waals surface area contributed by atoms with Crippen molar-refractivity contribution in [1.82, 2.24) is 14.9 Å². The highest BCUT2D eigenvalue weighted by molar-refractivity contribution is 7.89. The molecule has 1 atom stereocenters. The maximum Gasteiger partial charge on any atom is 0.321 e. The Hall–Kier alpha value is -2.17. The van der Waals surface area contributed by atoms with Gasteiger partial charge in [0.15, 0.2) is 6.61 Å². The smallest absolute Gasteiger partial charge is 0.321 e. The number of morpholine rings is 1. The maximum absolute atomic E-state index is 12.5. The van der Waals surface area contributed by atoms with E-state index in [1.165, 1.54) is 28.6 Å². The third-order valence-electron chi connectivity index (χ3n) is 4.04. The highest BCUT2D eigenvalue weighted by Gasteiger charge is 2.26. The number of imide groups is 1. The van der Waals surface area contributed by atoms with Crippen LogP contribution < -0.4 is 15.4 Å². The summed E-state index contributed by atoms with van der Waals surface area (Å²) in [5.41, 5.74) is 0. The van der Waals surface area contributed by atoms with Crippen molar-refractivity contribution >= 4 is 22.0 Å². The molecule has 1 aromatic rings. The van der Waals surface area contributed by atoms with E-state index < -0.39 is 22.0 Å². The molecule has 1 aromatic carbocycles. The molecule has 0 unspecified atom stereocenters. The largest absolute Gasteiger partial charge is 0.484 e. The quantitative estimate of drug-likeness (QED) is 0.698. The average Bonchev–Trinajstić information content (AvgIpc) is 2.67. The molecule has 3 amide bonds. The molecule has 1 fully saturated rings. The third-order valence-corrected chi connectivity index (χ3v) is 5.96. The molecule has 2 rings (SSSR count). The zero-order chi connectivity index (χ0) is 19.9. The molecule has 10 heteroatoms. The molecule has 1 saturated heterocycles. The van der Waals surface area contributed by atoms with Gasteiger partial charge in [-0.2, -0.15) is 4.31 Å². The second kappa shape index (κ2) is 9.67. The second-order valence-electron chi connectivity index (χ2n) is 6.11. The highest BCUT2D eigenvalue weighted by atomic mass is 32.2. The molecular weight excluding hydrogens is 374 g/mol. The van der Waals surface area contributed by atoms with Crippen LogP contribution in [-0.2, 0) is 19.6 Å². The first kappa shape index (κ1) is 21.1. The molecule has 0 aromatic heterocycles. The van der Waals surface area contributed by atoms with Crippen LogP contribution >= 0.6 is 0 Å². The molecule has 27 heavy (non-hydrogen) atoms. The number of sulfonamides is 1. The average molecular weight is 399 g/mol. The number of hydrogen-bond donors (Lipinski definition) is 2. The topological polar surface area (TPSA) is 114 Å². The number of urea groups is 1. The Morgan fingerprint density at radius 1 is 1.22 bits per heavy atom. The molecule has 0 aliphatic carbocycles. The van der Waals surface area contributed by atoms with Crippen LogP contribution in [0.3, 0.4) is 0 Å². The monoisotopic (exact) mass is 399 g/mol. The summed E-state index contributed by atoms with van der Waals surface area (Å²) in [4.78, 5) is 23.4. The second-order valence-corrected chi connectivity index (χ2v) is 8.05. The molecule has 0 saturated carbocycles. The van der Waals surface area contributed by atoms with E-state index in [0.29, 0.717) is 32.1 Å². The molecule has 1 aliphatic heterocycles. The van der Waals surface area contributed by atoms with Crippen molar-refractivity contribution in [3.8, 4) is 5.75 Å². The van der Waals surface area contributed by atoms with Crippen LogP contribution in [0.1, 0.15) is 20.3 Å². The summed E-state index contributed by atoms with van der Waals surface area (Å²) in [6.45, 7) is 4.77. The Morgan fingerprint density at radius 3 is 2.44 bits per heavy atom. The lowest BCUT2D eigenvalue weighted by molar-refractivity contribution is -0.122. The first-order valence-electron chi connectivity index (χ1n) is 8.74. The van der Waals surface area contributed by atoms with Crippen molar-refractivity contribution in [2.45, 2.75) is 31.2 Å². The van der Waals surface area contributed by atoms with Crippen molar-refractivity contribution in [2.24, 2.45) is 0 Å². The van der Waals surface area contributed by atoms with Gasteiger partial charge in [-0.1, -0.05) is 6.92 Å². The van der Waals surface area contributed by atoms with Gasteiger partial charge in [0.05, 0.1) is 18.1 Å². The van der Waals surface area contributed by atoms with Gasteiger partial charge in [-0.3, -0.25) is 10.1 Å². The van der Waals surface area contributed by atoms with E-state index in [9.17, 15) is 18.0 Å². The molecule has 2 N–H and O–H groups in total. The first-order valence-corrected chi connectivity index (χ1v) is 10.2. The van der Waals surface area contributed by atoms with Crippen LogP contribution in [-0.4, -0.2) is 63.6 Å². The Balaban J connectivity index is 1.86. The summed E-state index contributed by atoms with van der Waals surface area (Å²) in [6.07, 6.45) is 0.748. The predicted molar refractivity (Wildman–Crippen MR) is 97.9 cm³/mol. The van der Waals surface area contributed by atoms with E-state index in [1.54, 1.807) is 0 Å². The lowest BCUT2D eigenvalue weighted by Crippen LogP contribution is -2.44. The van der Waals surface area contributed by atoms with Gasteiger partial charge in [-0.25, -0.2) is 13.2 Å². The first-order chi connectivity index (χ1) is 12.8. The standard InChI is InChI=1S/C17H25N3O6S/c1-3-13(2)18-17(22)19-16(21)12-26-14-4-6-15(7-5-14)27(23,24)20-8-10-25-11-9-20/h4-7,13H,3,8-12H2,1-2H3,(H2,18,19,21,22)/t13-/m0/s1. The Kier molecular flexibility index (Phi) is 7.57. The zero-order valence-electron chi connectivity index (χ0n) is 15.4. The normalized spacial score (nSPS) is 16.4. The SMILES string of the molecule is CC[C@H](C)NC(=O)NC(=O)COc1ccc(S(=O)(=O)N2CCOCC2)cc1. The molecule has 0 spiro atoms. The van der Waals surface area contributed by atoms with E-state index in [2.05, 4.69) is 10.6 Å². The molecule has 0 radical (unpaired) electrons. The highest BCUT2D eigenvalue weighted by Crippen LogP contribution is 2.20. The van der Waals surface area contributed by atoms with Crippen molar-refractivity contribution < 1.29 is 27.5 Å². The number of benzene rings is 1. The predicted octanol–water partition coefficient (Wildman–Crippen LogP) is 0.711. The van der Waals surface area contributed by atoms with Crippen molar-refractivity contribution in [2.75, 3.05) is 32.9 Å². The fourth-order valence-corrected chi connectivity index (χ4v) is 3.73. The number of amides is 3. The fraction of sp³-hybridized carbons (Fsp3) is 0.529. The van der Waals surface area contributed by atoms with Crippen molar-refractivity contribution in [3.63, 3.8) is 0 Å². The molecule has 9 nitrogen and oxygen atoms in total. The van der Waals surface area contributed by atoms with Crippen molar-refractivity contribution in [1.29, 1.82) is 0 Å². The van der Waals surface area contributed by atoms with Gasteiger partial charge in [0, 0.05) is 19.1 Å². The number of hydrogen-bond acceptors (Lipinski definition) is 6. The van der Waals surface area contributed by atoms with Gasteiger partial charge in [0.1, 0.15) is 5.75 Å². The lowest BCUT2D eigenvalue weighted by Gasteiger charge is -2.26. The van der Waals surface area contributed by atoms with Crippen LogP contribution in [0.15, 0.2) is 29.2 Å². The van der Waals surface area contributed by atoms with Crippen LogP contribution in [0.4, 0.5) is 4.79 Å². The van der Waals surface area contributed by atoms with E-state index in [4.69, 9.17) is 9.47 Å². The van der Waals surface area contributed by atoms with Crippen LogP contribution in [0.2, 0.25) is 0 Å². The van der Waals surface area contributed by atoms with Crippen LogP contribution in [0.5, 0.6) is 5.75 Å². The Bertz CT molecular complexity index is 744. The third kappa shape index (κ3) is 6.19. The number of rotatable bonds is 7. The van der Waals surface area contributed by atoms with Gasteiger partial charge in [0.25, 0.3) is 5.91 Å². The number of carbonyl (C=O) groups excluding carboxylic acids is 2. The maximum atomic E-state index is 12.5. The van der Waals surface area contributed by atoms with Crippen LogP contribution in [0, 0.1) is 0 Å². The summed E-state index contributed by atoms with van der Waals surface area (Å²) >= 11 is 0. The summed E-state index contributed by atoms with van der Waals surface area (Å²) in [7, 11) is -3.57. The van der Waals surface area contributed by atoms with E-state index in [-0.39, 0.29) is 17.5 Å². The zero-order valence-corrected chi connectivity index (χ0v) is 16.3. The summed E-state index contributed by atoms with van der Waals surface area (Å²) in [5.74, 6) is -0.269. The fourth-order valence-electron chi connectivity index (χ4n) is 2.32. The van der Waals surface area contributed by atoms with Gasteiger partial charge in [-0.05, 0) is 37.6 Å². The Labute approximate surface area is 159 Å². The van der Waals surface area contributed by atoms with Crippen LogP contribution in [0.25, 0.3) is 0 Å². The summed E-state index contributed by atoms with van der Waals surface area (Å²) in [6, 6.07) is 5.17. The van der Waals surface area contributed by atoms with E-state index >= 15 is 0 Å². The van der Waals surface area contributed by atoms with E-state index in [0.717, 1.165) is 6.42 Å². The molecule has 150 valence electrons. The summed E-state index contributed by atoms with van der Waals surface area (Å²) < 4.78 is 36.9. The minimum atomic E-state index is -3.57. The number of carbonyl (C=O) groups is 2. The molecular formula is C17H25N3O6S. The minimum absolute atomic E-state index is 0.0420. The molecule has 1 heterocycles.